The molecule has 32 heavy (non-hydrogen) atoms. The van der Waals surface area contributed by atoms with Gasteiger partial charge in [-0.15, -0.1) is 0 Å². The van der Waals surface area contributed by atoms with Gasteiger partial charge < -0.3 is 19.5 Å². The summed E-state index contributed by atoms with van der Waals surface area (Å²) in [6.07, 6.45) is 0.801. The molecule has 2 rings (SSSR count). The molecule has 0 bridgehead atoms. The lowest BCUT2D eigenvalue weighted by Gasteiger charge is -2.22. The number of aliphatic carboxylic acids is 1. The summed E-state index contributed by atoms with van der Waals surface area (Å²) in [7, 11) is 3.12. The molecule has 0 saturated heterocycles. The molecule has 2 N–H and O–H groups in total. The van der Waals surface area contributed by atoms with E-state index in [-0.39, 0.29) is 24.5 Å². The Hall–Kier alpha value is -3.10. The minimum Gasteiger partial charge on any atom is -0.481 e. The monoisotopic (exact) mass is 445 g/mol. The molecule has 0 saturated carbocycles. The fraction of sp³-hybridized carbons (Fsp3) is 0.375. The number of hydrogen-bond acceptors (Lipinski definition) is 5. The highest BCUT2D eigenvalue weighted by atomic mass is 19.1. The van der Waals surface area contributed by atoms with Crippen molar-refractivity contribution in [1.82, 2.24) is 4.57 Å². The van der Waals surface area contributed by atoms with Crippen molar-refractivity contribution in [1.29, 1.82) is 0 Å². The Morgan fingerprint density at radius 1 is 1.22 bits per heavy atom. The lowest BCUT2D eigenvalue weighted by atomic mass is 9.90. The fourth-order valence-corrected chi connectivity index (χ4v) is 3.73. The number of halogens is 1. The summed E-state index contributed by atoms with van der Waals surface area (Å²) in [6.45, 7) is 3.87. The Bertz CT molecular complexity index is 1070. The topological polar surface area (TPSA) is 106 Å². The molecule has 0 spiro atoms. The number of Topliss-reactive ketones (excluding diaryl/α,β-unsaturated/α-hetero) is 1. The average Bonchev–Trinajstić information content (AvgIpc) is 2.70. The molecule has 7 nitrogen and oxygen atoms in total. The van der Waals surface area contributed by atoms with E-state index in [1.807, 2.05) is 13.8 Å². The zero-order chi connectivity index (χ0) is 24.0. The molecule has 8 heteroatoms. The molecule has 0 aliphatic carbocycles. The van der Waals surface area contributed by atoms with Crippen molar-refractivity contribution in [3.05, 3.63) is 63.3 Å². The predicted octanol–water partition coefficient (Wildman–Crippen LogP) is 3.27. The highest BCUT2D eigenvalue weighted by Crippen LogP contribution is 2.33. The van der Waals surface area contributed by atoms with Crippen LogP contribution < -0.4 is 5.56 Å². The van der Waals surface area contributed by atoms with Gasteiger partial charge in [-0.2, -0.15) is 0 Å². The van der Waals surface area contributed by atoms with E-state index in [1.54, 1.807) is 25.3 Å². The summed E-state index contributed by atoms with van der Waals surface area (Å²) in [5.74, 6) is -2.35. The van der Waals surface area contributed by atoms with Crippen LogP contribution in [0.5, 0.6) is 0 Å². The third-order valence-electron chi connectivity index (χ3n) is 5.01. The van der Waals surface area contributed by atoms with Crippen LogP contribution in [0.4, 0.5) is 4.39 Å². The maximum absolute atomic E-state index is 13.6. The summed E-state index contributed by atoms with van der Waals surface area (Å²) in [6, 6.07) is 5.73. The smallest absolute Gasteiger partial charge is 0.310 e. The number of pyridine rings is 1. The highest BCUT2D eigenvalue weighted by molar-refractivity contribution is 5.95. The molecular formula is C24H28FNO6. The third kappa shape index (κ3) is 5.99. The van der Waals surface area contributed by atoms with E-state index >= 15 is 0 Å². The van der Waals surface area contributed by atoms with E-state index in [0.717, 1.165) is 0 Å². The maximum atomic E-state index is 13.6. The number of carboxylic acids is 1. The summed E-state index contributed by atoms with van der Waals surface area (Å²) in [4.78, 5) is 35.5. The van der Waals surface area contributed by atoms with Gasteiger partial charge in [0.25, 0.3) is 5.56 Å². The van der Waals surface area contributed by atoms with Crippen molar-refractivity contribution in [2.75, 3.05) is 7.11 Å². The molecular weight excluding hydrogens is 417 g/mol. The number of carbonyl (C=O) groups is 2. The first-order valence-electron chi connectivity index (χ1n) is 10.2. The predicted molar refractivity (Wildman–Crippen MR) is 119 cm³/mol. The van der Waals surface area contributed by atoms with E-state index < -0.39 is 30.1 Å². The number of rotatable bonds is 10. The third-order valence-corrected chi connectivity index (χ3v) is 5.01. The molecule has 0 aliphatic heterocycles. The van der Waals surface area contributed by atoms with Crippen LogP contribution in [0.2, 0.25) is 0 Å². The van der Waals surface area contributed by atoms with Crippen LogP contribution in [0.3, 0.4) is 0 Å². The average molecular weight is 445 g/mol. The number of nitrogens with zero attached hydrogens (tertiary/aromatic N) is 1. The number of carboxylic acid groups (broad SMARTS) is 1. The second-order valence-electron chi connectivity index (χ2n) is 7.85. The molecule has 1 aromatic heterocycles. The van der Waals surface area contributed by atoms with Gasteiger partial charge in [-0.05, 0) is 23.6 Å². The Morgan fingerprint density at radius 3 is 2.38 bits per heavy atom. The molecule has 1 unspecified atom stereocenters. The molecule has 2 aromatic rings. The Morgan fingerprint density at radius 2 is 1.84 bits per heavy atom. The lowest BCUT2D eigenvalue weighted by molar-refractivity contribution is -0.140. The lowest BCUT2D eigenvalue weighted by Crippen LogP contribution is -2.28. The van der Waals surface area contributed by atoms with Crippen LogP contribution in [-0.2, 0) is 28.0 Å². The number of benzene rings is 1. The number of methoxy groups -OCH3 is 1. The van der Waals surface area contributed by atoms with Crippen molar-refractivity contribution in [2.45, 2.75) is 45.3 Å². The normalized spacial score (nSPS) is 12.5. The summed E-state index contributed by atoms with van der Waals surface area (Å²) >= 11 is 0. The van der Waals surface area contributed by atoms with Gasteiger partial charge in [0.05, 0.1) is 18.3 Å². The SMILES string of the molecule is COCc1c(-c2ccc(F)cc2)c(/C=C/C(O)CC(=O)CC(=O)O)c(C(C)C)n(C)c1=O. The number of aliphatic hydroxyl groups excluding tert-OH is 1. The van der Waals surface area contributed by atoms with Crippen molar-refractivity contribution >= 4 is 17.8 Å². The standard InChI is InChI=1S/C24H28FNO6/c1-14(2)23-19(10-9-17(27)11-18(28)12-21(29)30)22(15-5-7-16(25)8-6-15)20(13-32-4)24(31)26(23)3/h5-10,14,17,27H,11-13H2,1-4H3,(H,29,30)/b10-9+. The maximum Gasteiger partial charge on any atom is 0.310 e. The van der Waals surface area contributed by atoms with Crippen molar-refractivity contribution in [2.24, 2.45) is 7.05 Å². The highest BCUT2D eigenvalue weighted by Gasteiger charge is 2.22. The van der Waals surface area contributed by atoms with Gasteiger partial charge in [0.2, 0.25) is 0 Å². The molecule has 1 aromatic carbocycles. The van der Waals surface area contributed by atoms with Gasteiger partial charge in [0.1, 0.15) is 18.0 Å². The number of ketones is 1. The van der Waals surface area contributed by atoms with Crippen molar-refractivity contribution in [3.8, 4) is 11.1 Å². The molecule has 172 valence electrons. The molecule has 1 heterocycles. The van der Waals surface area contributed by atoms with E-state index in [9.17, 15) is 23.9 Å². The first kappa shape index (κ1) is 25.2. The van der Waals surface area contributed by atoms with Crippen molar-refractivity contribution in [3.63, 3.8) is 0 Å². The number of carbonyl (C=O) groups excluding carboxylic acids is 1. The number of hydrogen-bond donors (Lipinski definition) is 2. The molecule has 0 radical (unpaired) electrons. The second kappa shape index (κ2) is 11.0. The number of ether oxygens (including phenoxy) is 1. The van der Waals surface area contributed by atoms with E-state index in [0.29, 0.717) is 27.9 Å². The Balaban J connectivity index is 2.69. The number of aromatic nitrogens is 1. The van der Waals surface area contributed by atoms with E-state index in [2.05, 4.69) is 0 Å². The minimum atomic E-state index is -1.26. The van der Waals surface area contributed by atoms with Gasteiger partial charge in [-0.3, -0.25) is 14.4 Å². The van der Waals surface area contributed by atoms with Crippen LogP contribution in [-0.4, -0.2) is 39.7 Å². The zero-order valence-electron chi connectivity index (χ0n) is 18.6. The summed E-state index contributed by atoms with van der Waals surface area (Å²) in [5.41, 5.74) is 2.61. The first-order chi connectivity index (χ1) is 15.1. The fourth-order valence-electron chi connectivity index (χ4n) is 3.73. The Labute approximate surface area is 185 Å². The Kier molecular flexibility index (Phi) is 8.63. The molecule has 0 fully saturated rings. The van der Waals surface area contributed by atoms with Gasteiger partial charge in [0, 0.05) is 37.4 Å². The second-order valence-corrected chi connectivity index (χ2v) is 7.85. The van der Waals surface area contributed by atoms with Crippen molar-refractivity contribution < 1.29 is 28.9 Å². The first-order valence-corrected chi connectivity index (χ1v) is 10.2. The molecule has 0 amide bonds. The van der Waals surface area contributed by atoms with Gasteiger partial charge in [-0.1, -0.05) is 38.1 Å². The number of aliphatic hydroxyl groups is 1. The van der Waals surface area contributed by atoms with Crippen LogP contribution in [0, 0.1) is 5.82 Å². The van der Waals surface area contributed by atoms with Gasteiger partial charge >= 0.3 is 5.97 Å². The van der Waals surface area contributed by atoms with Crippen LogP contribution >= 0.6 is 0 Å². The molecule has 1 atom stereocenters. The van der Waals surface area contributed by atoms with E-state index in [1.165, 1.54) is 29.9 Å². The zero-order valence-corrected chi connectivity index (χ0v) is 18.6. The minimum absolute atomic E-state index is 0.0260. The van der Waals surface area contributed by atoms with Crippen LogP contribution in [0.15, 0.2) is 35.1 Å². The molecule has 0 aliphatic rings. The van der Waals surface area contributed by atoms with E-state index in [4.69, 9.17) is 9.84 Å². The van der Waals surface area contributed by atoms with Crippen LogP contribution in [0.25, 0.3) is 17.2 Å². The van der Waals surface area contributed by atoms with Gasteiger partial charge in [-0.25, -0.2) is 4.39 Å². The summed E-state index contributed by atoms with van der Waals surface area (Å²) < 4.78 is 20.3. The largest absolute Gasteiger partial charge is 0.481 e. The quantitative estimate of drug-likeness (QED) is 0.544. The summed E-state index contributed by atoms with van der Waals surface area (Å²) in [5, 5.41) is 19.0. The van der Waals surface area contributed by atoms with Crippen LogP contribution in [0.1, 0.15) is 49.4 Å². The van der Waals surface area contributed by atoms with Gasteiger partial charge in [0.15, 0.2) is 0 Å².